The maximum Gasteiger partial charge on any atom is 0.229 e. The molecule has 0 radical (unpaired) electrons. The van der Waals surface area contributed by atoms with Crippen LogP contribution >= 0.6 is 0 Å². The zero-order valence-corrected chi connectivity index (χ0v) is 9.31. The van der Waals surface area contributed by atoms with Gasteiger partial charge in [-0.15, -0.1) is 0 Å². The van der Waals surface area contributed by atoms with Crippen molar-refractivity contribution in [3.8, 4) is 0 Å². The molecule has 15 heavy (non-hydrogen) atoms. The maximum absolute atomic E-state index is 9.67. The van der Waals surface area contributed by atoms with Crippen molar-refractivity contribution in [1.29, 1.82) is 0 Å². The fraction of sp³-hybridized carbons (Fsp3) is 0.818. The number of hydrogen-bond donors (Lipinski definition) is 1. The molecule has 0 bridgehead atoms. The van der Waals surface area contributed by atoms with Gasteiger partial charge < -0.3 is 9.63 Å². The Hall–Kier alpha value is -0.900. The number of rotatable bonds is 4. The fourth-order valence-electron chi connectivity index (χ4n) is 1.60. The summed E-state index contributed by atoms with van der Waals surface area (Å²) in [5.74, 6) is 2.12. The van der Waals surface area contributed by atoms with Gasteiger partial charge in [0.2, 0.25) is 5.89 Å². The van der Waals surface area contributed by atoms with Crippen molar-refractivity contribution < 1.29 is 9.63 Å². The lowest BCUT2D eigenvalue weighted by Gasteiger charge is -2.21. The van der Waals surface area contributed by atoms with Crippen LogP contribution in [0.2, 0.25) is 0 Å². The lowest BCUT2D eigenvalue weighted by Crippen LogP contribution is -2.18. The number of aliphatic hydroxyl groups is 1. The minimum absolute atomic E-state index is 0.226. The van der Waals surface area contributed by atoms with Gasteiger partial charge in [0.05, 0.1) is 12.5 Å². The molecule has 1 unspecified atom stereocenters. The van der Waals surface area contributed by atoms with Crippen molar-refractivity contribution in [1.82, 2.24) is 10.1 Å². The predicted octanol–water partition coefficient (Wildman–Crippen LogP) is 1.90. The number of aromatic nitrogens is 2. The van der Waals surface area contributed by atoms with Crippen LogP contribution in [0.4, 0.5) is 0 Å². The van der Waals surface area contributed by atoms with Gasteiger partial charge in [-0.3, -0.25) is 0 Å². The predicted molar refractivity (Wildman–Crippen MR) is 55.4 cm³/mol. The summed E-state index contributed by atoms with van der Waals surface area (Å²) in [7, 11) is 0. The summed E-state index contributed by atoms with van der Waals surface area (Å²) in [5, 5.41) is 13.6. The average molecular weight is 210 g/mol. The number of nitrogens with zero attached hydrogens (tertiary/aromatic N) is 2. The van der Waals surface area contributed by atoms with E-state index in [4.69, 9.17) is 4.52 Å². The van der Waals surface area contributed by atoms with E-state index in [1.54, 1.807) is 0 Å². The third kappa shape index (κ3) is 2.37. The minimum atomic E-state index is -0.389. The molecule has 0 saturated heterocycles. The molecule has 1 aromatic heterocycles. The molecule has 1 fully saturated rings. The molecule has 0 aromatic carbocycles. The van der Waals surface area contributed by atoms with Crippen molar-refractivity contribution in [2.45, 2.75) is 51.6 Å². The molecule has 84 valence electrons. The van der Waals surface area contributed by atoms with Gasteiger partial charge in [0, 0.05) is 5.92 Å². The van der Waals surface area contributed by atoms with E-state index in [9.17, 15) is 5.11 Å². The van der Waals surface area contributed by atoms with Crippen molar-refractivity contribution in [2.24, 2.45) is 5.92 Å². The minimum Gasteiger partial charge on any atom is -0.392 e. The Morgan fingerprint density at radius 2 is 2.20 bits per heavy atom. The highest BCUT2D eigenvalue weighted by molar-refractivity contribution is 5.00. The first kappa shape index (κ1) is 10.6. The molecule has 1 aromatic rings. The molecule has 1 heterocycles. The summed E-state index contributed by atoms with van der Waals surface area (Å²) in [6, 6.07) is 0. The second kappa shape index (κ2) is 4.31. The van der Waals surface area contributed by atoms with Gasteiger partial charge in [-0.05, 0) is 18.8 Å². The number of aliphatic hydroxyl groups excluding tert-OH is 1. The highest BCUT2D eigenvalue weighted by atomic mass is 16.5. The Kier molecular flexibility index (Phi) is 3.05. The Morgan fingerprint density at radius 1 is 1.47 bits per heavy atom. The highest BCUT2D eigenvalue weighted by Gasteiger charge is 2.25. The quantitative estimate of drug-likeness (QED) is 0.824. The normalized spacial score (nSPS) is 19.2. The van der Waals surface area contributed by atoms with Crippen LogP contribution in [0, 0.1) is 5.92 Å². The van der Waals surface area contributed by atoms with Crippen LogP contribution in [0.15, 0.2) is 4.52 Å². The first-order valence-corrected chi connectivity index (χ1v) is 5.67. The second-order valence-electron chi connectivity index (χ2n) is 4.69. The van der Waals surface area contributed by atoms with Gasteiger partial charge >= 0.3 is 0 Å². The summed E-state index contributed by atoms with van der Waals surface area (Å²) in [6.45, 7) is 3.96. The van der Waals surface area contributed by atoms with E-state index in [-0.39, 0.29) is 12.0 Å². The van der Waals surface area contributed by atoms with Gasteiger partial charge in [-0.1, -0.05) is 25.4 Å². The summed E-state index contributed by atoms with van der Waals surface area (Å²) >= 11 is 0. The topological polar surface area (TPSA) is 59.2 Å². The van der Waals surface area contributed by atoms with E-state index >= 15 is 0 Å². The molecular weight excluding hydrogens is 192 g/mol. The standard InChI is InChI=1S/C11H18N2O2/c1-7(2)9(14)6-10-12-11(13-15-10)8-4-3-5-8/h7-9,14H,3-6H2,1-2H3. The molecule has 0 amide bonds. The van der Waals surface area contributed by atoms with Crippen LogP contribution in [0.1, 0.15) is 50.7 Å². The molecule has 4 nitrogen and oxygen atoms in total. The van der Waals surface area contributed by atoms with Gasteiger partial charge in [-0.25, -0.2) is 0 Å². The third-order valence-corrected chi connectivity index (χ3v) is 3.11. The lowest BCUT2D eigenvalue weighted by atomic mass is 9.85. The van der Waals surface area contributed by atoms with E-state index in [0.29, 0.717) is 18.2 Å². The van der Waals surface area contributed by atoms with E-state index in [0.717, 1.165) is 5.82 Å². The molecule has 2 rings (SSSR count). The molecule has 1 aliphatic rings. The van der Waals surface area contributed by atoms with Crippen molar-refractivity contribution >= 4 is 0 Å². The number of hydrogen-bond acceptors (Lipinski definition) is 4. The van der Waals surface area contributed by atoms with Crippen LogP contribution in [0.3, 0.4) is 0 Å². The molecule has 1 N–H and O–H groups in total. The Morgan fingerprint density at radius 3 is 2.73 bits per heavy atom. The summed E-state index contributed by atoms with van der Waals surface area (Å²) in [5.41, 5.74) is 0. The van der Waals surface area contributed by atoms with Gasteiger partial charge in [-0.2, -0.15) is 4.98 Å². The van der Waals surface area contributed by atoms with Gasteiger partial charge in [0.15, 0.2) is 5.82 Å². The smallest absolute Gasteiger partial charge is 0.229 e. The van der Waals surface area contributed by atoms with Crippen LogP contribution in [0.5, 0.6) is 0 Å². The van der Waals surface area contributed by atoms with Crippen LogP contribution in [-0.4, -0.2) is 21.4 Å². The maximum atomic E-state index is 9.67. The van der Waals surface area contributed by atoms with E-state index in [1.807, 2.05) is 13.8 Å². The molecule has 1 atom stereocenters. The Balaban J connectivity index is 1.94. The van der Waals surface area contributed by atoms with Crippen molar-refractivity contribution in [3.63, 3.8) is 0 Å². The second-order valence-corrected chi connectivity index (χ2v) is 4.69. The van der Waals surface area contributed by atoms with Gasteiger partial charge in [0.1, 0.15) is 0 Å². The van der Waals surface area contributed by atoms with Crippen LogP contribution in [-0.2, 0) is 6.42 Å². The first-order chi connectivity index (χ1) is 7.16. The Labute approximate surface area is 89.7 Å². The third-order valence-electron chi connectivity index (χ3n) is 3.11. The molecule has 0 aliphatic heterocycles. The highest BCUT2D eigenvalue weighted by Crippen LogP contribution is 2.34. The summed E-state index contributed by atoms with van der Waals surface area (Å²) in [6.07, 6.45) is 3.69. The Bertz CT molecular complexity index is 318. The lowest BCUT2D eigenvalue weighted by molar-refractivity contribution is 0.116. The van der Waals surface area contributed by atoms with E-state index in [2.05, 4.69) is 10.1 Å². The van der Waals surface area contributed by atoms with Gasteiger partial charge in [0.25, 0.3) is 0 Å². The molecule has 1 aliphatic carbocycles. The van der Waals surface area contributed by atoms with Crippen molar-refractivity contribution in [2.75, 3.05) is 0 Å². The molecular formula is C11H18N2O2. The first-order valence-electron chi connectivity index (χ1n) is 5.67. The summed E-state index contributed by atoms with van der Waals surface area (Å²) in [4.78, 5) is 4.32. The van der Waals surface area contributed by atoms with E-state index in [1.165, 1.54) is 19.3 Å². The molecule has 4 heteroatoms. The zero-order chi connectivity index (χ0) is 10.8. The summed E-state index contributed by atoms with van der Waals surface area (Å²) < 4.78 is 5.12. The SMILES string of the molecule is CC(C)C(O)Cc1nc(C2CCC2)no1. The average Bonchev–Trinajstić information content (AvgIpc) is 2.49. The van der Waals surface area contributed by atoms with E-state index < -0.39 is 0 Å². The van der Waals surface area contributed by atoms with Crippen LogP contribution in [0.25, 0.3) is 0 Å². The molecule has 0 spiro atoms. The largest absolute Gasteiger partial charge is 0.392 e. The zero-order valence-electron chi connectivity index (χ0n) is 9.31. The fourth-order valence-corrected chi connectivity index (χ4v) is 1.60. The van der Waals surface area contributed by atoms with Crippen molar-refractivity contribution in [3.05, 3.63) is 11.7 Å². The van der Waals surface area contributed by atoms with Crippen LogP contribution < -0.4 is 0 Å². The molecule has 1 saturated carbocycles. The monoisotopic (exact) mass is 210 g/mol.